The predicted octanol–water partition coefficient (Wildman–Crippen LogP) is 4.35. The van der Waals surface area contributed by atoms with Crippen LogP contribution in [-0.2, 0) is 11.2 Å². The maximum Gasteiger partial charge on any atom is 0.242 e. The fourth-order valence-corrected chi connectivity index (χ4v) is 3.71. The van der Waals surface area contributed by atoms with E-state index in [0.717, 1.165) is 19.3 Å². The van der Waals surface area contributed by atoms with Crippen LogP contribution in [0.5, 0.6) is 11.5 Å². The number of rotatable bonds is 6. The highest BCUT2D eigenvalue weighted by molar-refractivity contribution is 6.32. The number of amides is 1. The number of benzene rings is 2. The van der Waals surface area contributed by atoms with Crippen molar-refractivity contribution in [1.82, 2.24) is 5.32 Å². The number of aryl methyl sites for hydroxylation is 1. The molecule has 0 aromatic heterocycles. The molecule has 2 N–H and O–H groups in total. The Labute approximate surface area is 165 Å². The summed E-state index contributed by atoms with van der Waals surface area (Å²) < 4.78 is 10.6. The summed E-state index contributed by atoms with van der Waals surface area (Å²) >= 11 is 6.21. The number of hydrogen-bond acceptors (Lipinski definition) is 4. The van der Waals surface area contributed by atoms with Gasteiger partial charge in [0.05, 0.1) is 31.0 Å². The maximum atomic E-state index is 12.8. The van der Waals surface area contributed by atoms with Crippen molar-refractivity contribution in [2.45, 2.75) is 38.3 Å². The number of fused-ring (bicyclic) bond motifs is 1. The van der Waals surface area contributed by atoms with Crippen LogP contribution < -0.4 is 20.1 Å². The van der Waals surface area contributed by atoms with Crippen molar-refractivity contribution in [2.75, 3.05) is 19.5 Å². The fourth-order valence-electron chi connectivity index (χ4n) is 3.47. The van der Waals surface area contributed by atoms with Crippen molar-refractivity contribution >= 4 is 23.2 Å². The molecule has 0 spiro atoms. The molecule has 1 amide bonds. The molecular formula is C21H25ClN2O3. The first-order chi connectivity index (χ1) is 13.0. The molecule has 6 heteroatoms. The van der Waals surface area contributed by atoms with Crippen LogP contribution in [0, 0.1) is 0 Å². The number of methoxy groups -OCH3 is 2. The molecule has 144 valence electrons. The number of carbonyl (C=O) groups is 1. The van der Waals surface area contributed by atoms with E-state index in [4.69, 9.17) is 21.1 Å². The molecule has 0 heterocycles. The molecule has 0 radical (unpaired) electrons. The molecule has 0 saturated carbocycles. The van der Waals surface area contributed by atoms with E-state index in [0.29, 0.717) is 22.2 Å². The van der Waals surface area contributed by atoms with Gasteiger partial charge in [0.1, 0.15) is 17.5 Å². The Morgan fingerprint density at radius 2 is 1.93 bits per heavy atom. The van der Waals surface area contributed by atoms with Gasteiger partial charge in [-0.3, -0.25) is 4.79 Å². The molecule has 0 saturated heterocycles. The molecule has 2 aromatic rings. The first kappa shape index (κ1) is 19.4. The second-order valence-corrected chi connectivity index (χ2v) is 7.11. The first-order valence-corrected chi connectivity index (χ1v) is 9.47. The normalized spacial score (nSPS) is 16.8. The lowest BCUT2D eigenvalue weighted by Crippen LogP contribution is -2.40. The Morgan fingerprint density at radius 3 is 2.67 bits per heavy atom. The SMILES string of the molecule is COc1cc(OC)c(NC(C)C(=O)NC2CCCc3ccccc32)cc1Cl. The lowest BCUT2D eigenvalue weighted by atomic mass is 9.87. The van der Waals surface area contributed by atoms with E-state index >= 15 is 0 Å². The van der Waals surface area contributed by atoms with E-state index < -0.39 is 6.04 Å². The Bertz CT molecular complexity index is 825. The lowest BCUT2D eigenvalue weighted by molar-refractivity contribution is -0.122. The summed E-state index contributed by atoms with van der Waals surface area (Å²) in [6.45, 7) is 1.82. The number of halogens is 1. The molecule has 2 unspecified atom stereocenters. The Morgan fingerprint density at radius 1 is 1.19 bits per heavy atom. The topological polar surface area (TPSA) is 59.6 Å². The number of ether oxygens (including phenoxy) is 2. The average molecular weight is 389 g/mol. The maximum absolute atomic E-state index is 12.8. The molecular weight excluding hydrogens is 364 g/mol. The van der Waals surface area contributed by atoms with Gasteiger partial charge in [0.2, 0.25) is 5.91 Å². The van der Waals surface area contributed by atoms with Gasteiger partial charge in [-0.2, -0.15) is 0 Å². The zero-order valence-corrected chi connectivity index (χ0v) is 16.6. The third-order valence-corrected chi connectivity index (χ3v) is 5.22. The third kappa shape index (κ3) is 4.30. The van der Waals surface area contributed by atoms with E-state index in [1.165, 1.54) is 11.1 Å². The predicted molar refractivity (Wildman–Crippen MR) is 108 cm³/mol. The minimum Gasteiger partial charge on any atom is -0.495 e. The fraction of sp³-hybridized carbons (Fsp3) is 0.381. The van der Waals surface area contributed by atoms with Crippen LogP contribution in [0.2, 0.25) is 5.02 Å². The van der Waals surface area contributed by atoms with Crippen molar-refractivity contribution in [1.29, 1.82) is 0 Å². The quantitative estimate of drug-likeness (QED) is 0.772. The van der Waals surface area contributed by atoms with E-state index in [9.17, 15) is 4.79 Å². The van der Waals surface area contributed by atoms with Crippen molar-refractivity contribution in [2.24, 2.45) is 0 Å². The molecule has 2 aromatic carbocycles. The van der Waals surface area contributed by atoms with E-state index in [2.05, 4.69) is 22.8 Å². The summed E-state index contributed by atoms with van der Waals surface area (Å²) in [5.74, 6) is 1.03. The van der Waals surface area contributed by atoms with Crippen LogP contribution in [0.4, 0.5) is 5.69 Å². The minimum absolute atomic E-state index is 0.0491. The average Bonchev–Trinajstić information content (AvgIpc) is 2.68. The third-order valence-electron chi connectivity index (χ3n) is 4.93. The molecule has 1 aliphatic carbocycles. The van der Waals surface area contributed by atoms with Gasteiger partial charge in [-0.15, -0.1) is 0 Å². The lowest BCUT2D eigenvalue weighted by Gasteiger charge is -2.28. The van der Waals surface area contributed by atoms with Gasteiger partial charge >= 0.3 is 0 Å². The standard InChI is InChI=1S/C21H25ClN2O3/c1-13(23-18-11-16(22)19(26-2)12-20(18)27-3)21(25)24-17-10-6-8-14-7-4-5-9-15(14)17/h4-5,7,9,11-13,17,23H,6,8,10H2,1-3H3,(H,24,25). The van der Waals surface area contributed by atoms with Crippen LogP contribution in [0.25, 0.3) is 0 Å². The summed E-state index contributed by atoms with van der Waals surface area (Å²) in [4.78, 5) is 12.8. The summed E-state index contributed by atoms with van der Waals surface area (Å²) in [6.07, 6.45) is 3.09. The molecule has 5 nitrogen and oxygen atoms in total. The molecule has 3 rings (SSSR count). The van der Waals surface area contributed by atoms with Crippen LogP contribution >= 0.6 is 11.6 Å². The van der Waals surface area contributed by atoms with Crippen LogP contribution in [-0.4, -0.2) is 26.2 Å². The minimum atomic E-state index is -0.447. The highest BCUT2D eigenvalue weighted by Gasteiger charge is 2.24. The van der Waals surface area contributed by atoms with Gasteiger partial charge in [0, 0.05) is 6.07 Å². The van der Waals surface area contributed by atoms with Gasteiger partial charge in [-0.05, 0) is 43.4 Å². The van der Waals surface area contributed by atoms with Crippen molar-refractivity contribution in [3.8, 4) is 11.5 Å². The number of anilines is 1. The first-order valence-electron chi connectivity index (χ1n) is 9.09. The molecule has 0 aliphatic heterocycles. The van der Waals surface area contributed by atoms with Gasteiger partial charge < -0.3 is 20.1 Å². The molecule has 27 heavy (non-hydrogen) atoms. The monoisotopic (exact) mass is 388 g/mol. The van der Waals surface area contributed by atoms with Crippen LogP contribution in [0.15, 0.2) is 36.4 Å². The molecule has 2 atom stereocenters. The number of hydrogen-bond donors (Lipinski definition) is 2. The van der Waals surface area contributed by atoms with Gasteiger partial charge in [-0.1, -0.05) is 35.9 Å². The zero-order valence-electron chi connectivity index (χ0n) is 15.8. The summed E-state index contributed by atoms with van der Waals surface area (Å²) in [6, 6.07) is 11.3. The van der Waals surface area contributed by atoms with Crippen molar-refractivity contribution < 1.29 is 14.3 Å². The molecule has 0 fully saturated rings. The summed E-state index contributed by atoms with van der Waals surface area (Å²) in [5, 5.41) is 6.81. The second kappa shape index (κ2) is 8.53. The van der Waals surface area contributed by atoms with Gasteiger partial charge in [0.15, 0.2) is 0 Å². The molecule has 0 bridgehead atoms. The number of carbonyl (C=O) groups excluding carboxylic acids is 1. The second-order valence-electron chi connectivity index (χ2n) is 6.71. The van der Waals surface area contributed by atoms with Crippen LogP contribution in [0.1, 0.15) is 36.9 Å². The Hall–Kier alpha value is -2.40. The smallest absolute Gasteiger partial charge is 0.242 e. The van der Waals surface area contributed by atoms with Gasteiger partial charge in [-0.25, -0.2) is 0 Å². The summed E-state index contributed by atoms with van der Waals surface area (Å²) in [5.41, 5.74) is 3.18. The highest BCUT2D eigenvalue weighted by atomic mass is 35.5. The van der Waals surface area contributed by atoms with Crippen LogP contribution in [0.3, 0.4) is 0 Å². The van der Waals surface area contributed by atoms with Crippen molar-refractivity contribution in [3.63, 3.8) is 0 Å². The molecule has 1 aliphatic rings. The van der Waals surface area contributed by atoms with E-state index in [1.807, 2.05) is 19.1 Å². The van der Waals surface area contributed by atoms with Gasteiger partial charge in [0.25, 0.3) is 0 Å². The van der Waals surface area contributed by atoms with E-state index in [1.54, 1.807) is 26.4 Å². The Kier molecular flexibility index (Phi) is 6.11. The van der Waals surface area contributed by atoms with E-state index in [-0.39, 0.29) is 11.9 Å². The number of nitrogens with one attached hydrogen (secondary N) is 2. The highest BCUT2D eigenvalue weighted by Crippen LogP contribution is 2.36. The van der Waals surface area contributed by atoms with Crippen molar-refractivity contribution in [3.05, 3.63) is 52.5 Å². The Balaban J connectivity index is 1.71. The largest absolute Gasteiger partial charge is 0.495 e. The zero-order chi connectivity index (χ0) is 19.4. The summed E-state index contributed by atoms with van der Waals surface area (Å²) in [7, 11) is 3.11.